The number of phosphoric acid groups is 1. The van der Waals surface area contributed by atoms with E-state index in [0.717, 1.165) is 6.42 Å². The van der Waals surface area contributed by atoms with E-state index in [1.807, 2.05) is 6.92 Å². The fourth-order valence-electron chi connectivity index (χ4n) is 3.80. The summed E-state index contributed by atoms with van der Waals surface area (Å²) in [5, 5.41) is 0. The summed E-state index contributed by atoms with van der Waals surface area (Å²) in [6.07, 6.45) is 1.97. The third-order valence-corrected chi connectivity index (χ3v) is 5.57. The van der Waals surface area contributed by atoms with E-state index in [2.05, 4.69) is 4.52 Å². The van der Waals surface area contributed by atoms with E-state index in [4.69, 9.17) is 14.0 Å². The molecule has 4 unspecified atom stereocenters. The van der Waals surface area contributed by atoms with Gasteiger partial charge in [0.05, 0.1) is 6.10 Å². The van der Waals surface area contributed by atoms with Crippen LogP contribution in [0.25, 0.3) is 0 Å². The molecule has 0 aromatic rings. The summed E-state index contributed by atoms with van der Waals surface area (Å²) in [5.41, 5.74) is -1.06. The topological polar surface area (TPSA) is 74.2 Å². The molecule has 0 aromatic heterocycles. The normalized spacial score (nSPS) is 52.8. The molecule has 3 aliphatic rings. The first-order valence-electron chi connectivity index (χ1n) is 6.17. The molecule has 1 aliphatic heterocycles. The van der Waals surface area contributed by atoms with Crippen molar-refractivity contribution in [1.82, 2.24) is 0 Å². The number of fused-ring (bicyclic) bond motifs is 3. The molecule has 0 aromatic carbocycles. The number of hydrogen-bond acceptors (Lipinski definition) is 5. The van der Waals surface area contributed by atoms with Gasteiger partial charge in [0.2, 0.25) is 0 Å². The quantitative estimate of drug-likeness (QED) is 0.785. The van der Waals surface area contributed by atoms with Crippen molar-refractivity contribution in [1.29, 1.82) is 0 Å². The number of hydrogen-bond donors (Lipinski definition) is 1. The van der Waals surface area contributed by atoms with Gasteiger partial charge in [-0.05, 0) is 25.7 Å². The van der Waals surface area contributed by atoms with E-state index in [1.54, 1.807) is 7.11 Å². The van der Waals surface area contributed by atoms with E-state index >= 15 is 0 Å². The van der Waals surface area contributed by atoms with Gasteiger partial charge in [-0.15, -0.1) is 0 Å². The molecule has 0 spiro atoms. The van der Waals surface area contributed by atoms with Crippen LogP contribution in [0.5, 0.6) is 0 Å². The zero-order valence-corrected chi connectivity index (χ0v) is 11.7. The number of phosphoric ester groups is 1. The Morgan fingerprint density at radius 1 is 1.33 bits per heavy atom. The van der Waals surface area contributed by atoms with Gasteiger partial charge in [0.1, 0.15) is 17.3 Å². The molecule has 7 heteroatoms. The molecular weight excluding hydrogens is 259 g/mol. The van der Waals surface area contributed by atoms with Crippen molar-refractivity contribution in [2.75, 3.05) is 14.2 Å². The molecule has 0 bridgehead atoms. The van der Waals surface area contributed by atoms with Gasteiger partial charge in [-0.25, -0.2) is 4.57 Å². The van der Waals surface area contributed by atoms with Crippen LogP contribution in [-0.2, 0) is 23.1 Å². The Kier molecular flexibility index (Phi) is 2.74. The molecule has 6 atom stereocenters. The number of methoxy groups -OCH3 is 1. The molecule has 0 radical (unpaired) electrons. The van der Waals surface area contributed by atoms with Crippen molar-refractivity contribution in [3.05, 3.63) is 0 Å². The highest BCUT2D eigenvalue weighted by Gasteiger charge is 2.77. The van der Waals surface area contributed by atoms with Crippen LogP contribution < -0.4 is 0 Å². The van der Waals surface area contributed by atoms with Crippen molar-refractivity contribution in [2.24, 2.45) is 5.92 Å². The molecule has 1 saturated heterocycles. The average molecular weight is 278 g/mol. The molecule has 2 saturated carbocycles. The average Bonchev–Trinajstić information content (AvgIpc) is 2.80. The monoisotopic (exact) mass is 278 g/mol. The van der Waals surface area contributed by atoms with Crippen molar-refractivity contribution in [3.8, 4) is 0 Å². The molecule has 6 nitrogen and oxygen atoms in total. The van der Waals surface area contributed by atoms with Crippen LogP contribution in [-0.4, -0.2) is 42.5 Å². The van der Waals surface area contributed by atoms with E-state index in [-0.39, 0.29) is 17.8 Å². The fourth-order valence-corrected chi connectivity index (χ4v) is 4.58. The SMILES string of the molecule is CO[C@]12CC1CC1(OP(=O)(O)OC)C[C@H](C)OC12. The van der Waals surface area contributed by atoms with Gasteiger partial charge in [0.25, 0.3) is 0 Å². The summed E-state index contributed by atoms with van der Waals surface area (Å²) in [6, 6.07) is 0. The highest BCUT2D eigenvalue weighted by Crippen LogP contribution is 2.69. The molecule has 2 aliphatic carbocycles. The van der Waals surface area contributed by atoms with Gasteiger partial charge >= 0.3 is 7.82 Å². The Morgan fingerprint density at radius 3 is 2.67 bits per heavy atom. The van der Waals surface area contributed by atoms with Gasteiger partial charge in [-0.3, -0.25) is 9.05 Å². The fraction of sp³-hybridized carbons (Fsp3) is 1.00. The van der Waals surface area contributed by atoms with E-state index in [9.17, 15) is 9.46 Å². The zero-order chi connectivity index (χ0) is 13.2. The van der Waals surface area contributed by atoms with Crippen molar-refractivity contribution in [3.63, 3.8) is 0 Å². The van der Waals surface area contributed by atoms with Crippen molar-refractivity contribution in [2.45, 2.75) is 49.6 Å². The highest BCUT2D eigenvalue weighted by atomic mass is 31.2. The minimum absolute atomic E-state index is 0.000399. The van der Waals surface area contributed by atoms with E-state index < -0.39 is 13.4 Å². The smallest absolute Gasteiger partial charge is 0.375 e. The van der Waals surface area contributed by atoms with Crippen molar-refractivity contribution < 1.29 is 28.0 Å². The summed E-state index contributed by atoms with van der Waals surface area (Å²) in [5.74, 6) is 0.358. The summed E-state index contributed by atoms with van der Waals surface area (Å²) < 4.78 is 33.2. The van der Waals surface area contributed by atoms with Gasteiger partial charge in [-0.2, -0.15) is 0 Å². The largest absolute Gasteiger partial charge is 0.472 e. The Labute approximate surface area is 106 Å². The van der Waals surface area contributed by atoms with E-state index in [1.165, 1.54) is 7.11 Å². The lowest BCUT2D eigenvalue weighted by molar-refractivity contribution is -0.104. The minimum atomic E-state index is -4.01. The number of rotatable bonds is 4. The van der Waals surface area contributed by atoms with Crippen LogP contribution in [0.15, 0.2) is 0 Å². The van der Waals surface area contributed by atoms with Gasteiger partial charge in [0, 0.05) is 20.6 Å². The molecule has 0 amide bonds. The molecule has 3 fully saturated rings. The first-order valence-corrected chi connectivity index (χ1v) is 7.67. The minimum Gasteiger partial charge on any atom is -0.375 e. The molecule has 18 heavy (non-hydrogen) atoms. The summed E-state index contributed by atoms with van der Waals surface area (Å²) >= 11 is 0. The van der Waals surface area contributed by atoms with Gasteiger partial charge in [0.15, 0.2) is 0 Å². The third-order valence-electron chi connectivity index (χ3n) is 4.52. The maximum absolute atomic E-state index is 11.7. The second-order valence-electron chi connectivity index (χ2n) is 5.60. The summed E-state index contributed by atoms with van der Waals surface area (Å²) in [4.78, 5) is 9.58. The molecule has 1 heterocycles. The number of ether oxygens (including phenoxy) is 2. The van der Waals surface area contributed by atoms with E-state index in [0.29, 0.717) is 18.8 Å². The lowest BCUT2D eigenvalue weighted by Crippen LogP contribution is -2.44. The molecule has 104 valence electrons. The second-order valence-corrected chi connectivity index (χ2v) is 7.09. The maximum Gasteiger partial charge on any atom is 0.472 e. The molecule has 3 rings (SSSR count). The highest BCUT2D eigenvalue weighted by molar-refractivity contribution is 7.47. The molecule has 1 N–H and O–H groups in total. The lowest BCUT2D eigenvalue weighted by Gasteiger charge is -2.33. The first-order chi connectivity index (χ1) is 8.37. The van der Waals surface area contributed by atoms with Crippen LogP contribution in [0.2, 0.25) is 0 Å². The summed E-state index contributed by atoms with van der Waals surface area (Å²) in [6.45, 7) is 1.94. The Bertz CT molecular complexity index is 410. The second kappa shape index (κ2) is 3.78. The lowest BCUT2D eigenvalue weighted by atomic mass is 9.91. The van der Waals surface area contributed by atoms with Crippen LogP contribution >= 0.6 is 7.82 Å². The van der Waals surface area contributed by atoms with Gasteiger partial charge < -0.3 is 14.4 Å². The Hall–Kier alpha value is 0.0300. The standard InChI is InChI=1S/C11H19O6P/c1-7-4-10(17-18(12,13)15-3)5-8-6-11(8,14-2)9(10)16-7/h7-9H,4-6H2,1-3H3,(H,12,13)/t7-,8?,9?,10?,11+/m0/s1. The zero-order valence-electron chi connectivity index (χ0n) is 10.8. The maximum atomic E-state index is 11.7. The predicted octanol–water partition coefficient (Wildman–Crippen LogP) is 1.47. The van der Waals surface area contributed by atoms with Crippen LogP contribution in [0.4, 0.5) is 0 Å². The first kappa shape index (κ1) is 13.0. The van der Waals surface area contributed by atoms with Gasteiger partial charge in [-0.1, -0.05) is 0 Å². The predicted molar refractivity (Wildman–Crippen MR) is 62.1 cm³/mol. The van der Waals surface area contributed by atoms with Crippen molar-refractivity contribution >= 4 is 7.82 Å². The van der Waals surface area contributed by atoms with Crippen LogP contribution in [0.1, 0.15) is 26.2 Å². The third kappa shape index (κ3) is 1.64. The Balaban J connectivity index is 1.89. The van der Waals surface area contributed by atoms with Crippen LogP contribution in [0.3, 0.4) is 0 Å². The molecular formula is C11H19O6P. The summed E-state index contributed by atoms with van der Waals surface area (Å²) in [7, 11) is -1.17. The van der Waals surface area contributed by atoms with Crippen LogP contribution in [0, 0.1) is 5.92 Å². The Morgan fingerprint density at radius 2 is 2.06 bits per heavy atom.